The molecule has 20 heavy (non-hydrogen) atoms. The van der Waals surface area contributed by atoms with Gasteiger partial charge >= 0.3 is 0 Å². The number of aromatic nitrogens is 2. The lowest BCUT2D eigenvalue weighted by atomic mass is 10.2. The highest BCUT2D eigenvalue weighted by atomic mass is 35.5. The van der Waals surface area contributed by atoms with Crippen LogP contribution in [0.2, 0.25) is 5.02 Å². The Hall–Kier alpha value is -1.79. The van der Waals surface area contributed by atoms with Crippen LogP contribution in [0.5, 0.6) is 11.5 Å². The van der Waals surface area contributed by atoms with Crippen LogP contribution in [0.1, 0.15) is 11.4 Å². The summed E-state index contributed by atoms with van der Waals surface area (Å²) in [6, 6.07) is 3.83. The maximum atomic E-state index is 6.18. The van der Waals surface area contributed by atoms with Gasteiger partial charge in [0.15, 0.2) is 17.3 Å². The predicted octanol–water partition coefficient (Wildman–Crippen LogP) is 1.83. The van der Waals surface area contributed by atoms with Gasteiger partial charge in [-0.3, -0.25) is 0 Å². The number of ether oxygens (including phenoxy) is 2. The van der Waals surface area contributed by atoms with Crippen molar-refractivity contribution in [2.75, 3.05) is 19.8 Å². The molecule has 1 aliphatic rings. The van der Waals surface area contributed by atoms with Crippen molar-refractivity contribution >= 4 is 11.6 Å². The fraction of sp³-hybridized carbons (Fsp3) is 0.385. The fourth-order valence-electron chi connectivity index (χ4n) is 2.00. The Bertz CT molecular complexity index is 574. The van der Waals surface area contributed by atoms with Crippen LogP contribution >= 0.6 is 11.6 Å². The SMILES string of the molecule is Clc1cc(CNCCc2ncon2)cc2c1OCCO2. The molecule has 0 radical (unpaired) electrons. The van der Waals surface area contributed by atoms with Crippen molar-refractivity contribution < 1.29 is 14.0 Å². The minimum Gasteiger partial charge on any atom is -0.486 e. The summed E-state index contributed by atoms with van der Waals surface area (Å²) in [6.07, 6.45) is 2.05. The Morgan fingerprint density at radius 2 is 2.15 bits per heavy atom. The standard InChI is InChI=1S/C13H14ClN3O3/c14-10-5-9(6-11-13(10)19-4-3-18-11)7-15-2-1-12-16-8-20-17-12/h5-6,8,15H,1-4,7H2. The Balaban J connectivity index is 1.56. The van der Waals surface area contributed by atoms with E-state index < -0.39 is 0 Å². The largest absolute Gasteiger partial charge is 0.486 e. The van der Waals surface area contributed by atoms with E-state index in [4.69, 9.17) is 21.1 Å². The van der Waals surface area contributed by atoms with Crippen LogP contribution in [0.15, 0.2) is 23.0 Å². The zero-order valence-corrected chi connectivity index (χ0v) is 11.5. The summed E-state index contributed by atoms with van der Waals surface area (Å²) in [5, 5.41) is 7.63. The number of halogens is 1. The molecule has 1 aromatic carbocycles. The molecule has 0 unspecified atom stereocenters. The first-order valence-corrected chi connectivity index (χ1v) is 6.75. The molecule has 0 saturated heterocycles. The van der Waals surface area contributed by atoms with Crippen molar-refractivity contribution in [1.29, 1.82) is 0 Å². The van der Waals surface area contributed by atoms with Crippen LogP contribution in [-0.4, -0.2) is 29.9 Å². The third kappa shape index (κ3) is 3.02. The van der Waals surface area contributed by atoms with Gasteiger partial charge in [-0.25, -0.2) is 0 Å². The molecule has 3 rings (SSSR count). The number of fused-ring (bicyclic) bond motifs is 1. The van der Waals surface area contributed by atoms with E-state index in [0.717, 1.165) is 18.5 Å². The second kappa shape index (κ2) is 6.11. The van der Waals surface area contributed by atoms with Crippen molar-refractivity contribution in [2.24, 2.45) is 0 Å². The van der Waals surface area contributed by atoms with Gasteiger partial charge in [-0.15, -0.1) is 0 Å². The zero-order valence-electron chi connectivity index (χ0n) is 10.8. The second-order valence-electron chi connectivity index (χ2n) is 4.38. The zero-order chi connectivity index (χ0) is 13.8. The molecule has 2 heterocycles. The van der Waals surface area contributed by atoms with E-state index in [2.05, 4.69) is 20.0 Å². The van der Waals surface area contributed by atoms with E-state index in [-0.39, 0.29) is 0 Å². The highest BCUT2D eigenvalue weighted by molar-refractivity contribution is 6.32. The molecule has 2 aromatic rings. The first kappa shape index (κ1) is 13.2. The average molecular weight is 296 g/mol. The van der Waals surface area contributed by atoms with Gasteiger partial charge in [0.05, 0.1) is 5.02 Å². The minimum atomic E-state index is 0.537. The van der Waals surface area contributed by atoms with Crippen LogP contribution in [0.25, 0.3) is 0 Å². The summed E-state index contributed by atoms with van der Waals surface area (Å²) in [7, 11) is 0. The molecular weight excluding hydrogens is 282 g/mol. The van der Waals surface area contributed by atoms with Gasteiger partial charge in [0, 0.05) is 19.5 Å². The van der Waals surface area contributed by atoms with Crippen LogP contribution in [0, 0.1) is 0 Å². The lowest BCUT2D eigenvalue weighted by Crippen LogP contribution is -2.19. The van der Waals surface area contributed by atoms with Gasteiger partial charge in [-0.2, -0.15) is 4.98 Å². The van der Waals surface area contributed by atoms with Gasteiger partial charge in [0.2, 0.25) is 6.39 Å². The number of nitrogens with one attached hydrogen (secondary N) is 1. The van der Waals surface area contributed by atoms with Crippen LogP contribution in [0.3, 0.4) is 0 Å². The molecule has 0 saturated carbocycles. The Kier molecular flexibility index (Phi) is 4.03. The summed E-state index contributed by atoms with van der Waals surface area (Å²) in [5.41, 5.74) is 1.05. The topological polar surface area (TPSA) is 69.4 Å². The first-order valence-electron chi connectivity index (χ1n) is 6.37. The smallest absolute Gasteiger partial charge is 0.213 e. The minimum absolute atomic E-state index is 0.537. The third-order valence-electron chi connectivity index (χ3n) is 2.92. The van der Waals surface area contributed by atoms with Gasteiger partial charge in [0.25, 0.3) is 0 Å². The van der Waals surface area contributed by atoms with Crippen molar-refractivity contribution in [3.05, 3.63) is 34.9 Å². The van der Waals surface area contributed by atoms with Crippen molar-refractivity contribution in [3.8, 4) is 11.5 Å². The van der Waals surface area contributed by atoms with Crippen LogP contribution < -0.4 is 14.8 Å². The number of nitrogens with zero attached hydrogens (tertiary/aromatic N) is 2. The summed E-state index contributed by atoms with van der Waals surface area (Å²) >= 11 is 6.18. The Morgan fingerprint density at radius 1 is 1.25 bits per heavy atom. The van der Waals surface area contributed by atoms with Crippen molar-refractivity contribution in [2.45, 2.75) is 13.0 Å². The molecule has 7 heteroatoms. The molecular formula is C13H14ClN3O3. The van der Waals surface area contributed by atoms with E-state index in [1.165, 1.54) is 6.39 Å². The number of rotatable bonds is 5. The van der Waals surface area contributed by atoms with E-state index >= 15 is 0 Å². The van der Waals surface area contributed by atoms with E-state index in [9.17, 15) is 0 Å². The molecule has 1 aliphatic heterocycles. The highest BCUT2D eigenvalue weighted by Crippen LogP contribution is 2.38. The normalized spacial score (nSPS) is 13.4. The monoisotopic (exact) mass is 295 g/mol. The van der Waals surface area contributed by atoms with E-state index in [1.54, 1.807) is 0 Å². The van der Waals surface area contributed by atoms with Gasteiger partial charge < -0.3 is 19.3 Å². The maximum absolute atomic E-state index is 6.18. The molecule has 6 nitrogen and oxygen atoms in total. The van der Waals surface area contributed by atoms with Gasteiger partial charge in [-0.05, 0) is 17.7 Å². The molecule has 0 amide bonds. The summed E-state index contributed by atoms with van der Waals surface area (Å²) in [6.45, 7) is 2.53. The van der Waals surface area contributed by atoms with Crippen molar-refractivity contribution in [1.82, 2.24) is 15.5 Å². The second-order valence-corrected chi connectivity index (χ2v) is 4.78. The Labute approximate surface area is 121 Å². The molecule has 0 bridgehead atoms. The summed E-state index contributed by atoms with van der Waals surface area (Å²) in [5.74, 6) is 2.03. The van der Waals surface area contributed by atoms with Gasteiger partial charge in [-0.1, -0.05) is 16.8 Å². The summed E-state index contributed by atoms with van der Waals surface area (Å²) in [4.78, 5) is 3.96. The number of benzene rings is 1. The quantitative estimate of drug-likeness (QED) is 0.849. The maximum Gasteiger partial charge on any atom is 0.213 e. The van der Waals surface area contributed by atoms with E-state index in [0.29, 0.717) is 42.1 Å². The highest BCUT2D eigenvalue weighted by Gasteiger charge is 2.16. The molecule has 1 aromatic heterocycles. The number of hydrogen-bond acceptors (Lipinski definition) is 6. The fourth-order valence-corrected chi connectivity index (χ4v) is 2.29. The predicted molar refractivity (Wildman–Crippen MR) is 72.2 cm³/mol. The average Bonchev–Trinajstić information content (AvgIpc) is 2.97. The lowest BCUT2D eigenvalue weighted by Gasteiger charge is -2.20. The molecule has 0 aliphatic carbocycles. The molecule has 0 spiro atoms. The lowest BCUT2D eigenvalue weighted by molar-refractivity contribution is 0.171. The molecule has 1 N–H and O–H groups in total. The summed E-state index contributed by atoms with van der Waals surface area (Å²) < 4.78 is 15.7. The van der Waals surface area contributed by atoms with Crippen LogP contribution in [0.4, 0.5) is 0 Å². The van der Waals surface area contributed by atoms with Crippen molar-refractivity contribution in [3.63, 3.8) is 0 Å². The van der Waals surface area contributed by atoms with Gasteiger partial charge in [0.1, 0.15) is 13.2 Å². The first-order chi connectivity index (χ1) is 9.83. The number of hydrogen-bond donors (Lipinski definition) is 1. The molecule has 0 fully saturated rings. The molecule has 106 valence electrons. The third-order valence-corrected chi connectivity index (χ3v) is 3.20. The van der Waals surface area contributed by atoms with E-state index in [1.807, 2.05) is 12.1 Å². The Morgan fingerprint density at radius 3 is 3.00 bits per heavy atom. The van der Waals surface area contributed by atoms with Crippen LogP contribution in [-0.2, 0) is 13.0 Å². The molecule has 0 atom stereocenters.